The van der Waals surface area contributed by atoms with Crippen LogP contribution in [0.3, 0.4) is 0 Å². The number of nitro groups is 1. The maximum atomic E-state index is 11.1. The first-order chi connectivity index (χ1) is 8.52. The normalized spacial score (nSPS) is 8.61. The van der Waals surface area contributed by atoms with Crippen LogP contribution in [0.15, 0.2) is 33.9 Å². The van der Waals surface area contributed by atoms with E-state index in [1.54, 1.807) is 24.3 Å². The minimum atomic E-state index is -0.500. The number of hydrogen-bond acceptors (Lipinski definition) is 4. The number of aromatic nitrogens is 2. The highest BCUT2D eigenvalue weighted by molar-refractivity contribution is 5.79. The first-order valence-electron chi connectivity index (χ1n) is 5.30. The average molecular weight is 253 g/mol. The first-order valence-corrected chi connectivity index (χ1v) is 5.30. The van der Waals surface area contributed by atoms with E-state index in [-0.39, 0.29) is 11.1 Å². The van der Waals surface area contributed by atoms with Gasteiger partial charge in [0.25, 0.3) is 11.1 Å². The molecule has 7 heteroatoms. The van der Waals surface area contributed by atoms with Gasteiger partial charge >= 0.3 is 0 Å². The molecule has 0 saturated heterocycles. The number of rotatable bonds is 0. The first kappa shape index (κ1) is 15.6. The minimum Gasteiger partial charge on any atom is -0.267 e. The molecule has 0 amide bonds. The summed E-state index contributed by atoms with van der Waals surface area (Å²) in [5.74, 6) is 0. The van der Waals surface area contributed by atoms with Crippen molar-refractivity contribution in [2.45, 2.75) is 13.8 Å². The van der Waals surface area contributed by atoms with Crippen molar-refractivity contribution in [1.29, 1.82) is 0 Å². The number of H-pyrrole nitrogens is 2. The molecule has 0 fully saturated rings. The van der Waals surface area contributed by atoms with E-state index >= 15 is 0 Å². The summed E-state index contributed by atoms with van der Waals surface area (Å²) in [6.45, 7) is 4.00. The lowest BCUT2D eigenvalue weighted by atomic mass is 10.2. The molecule has 0 aliphatic carbocycles. The van der Waals surface area contributed by atoms with Gasteiger partial charge in [-0.05, 0) is 12.1 Å². The standard InChI is InChI=1S/C8H6N2O2.C2H6.CH3NO2/c11-7-5-3-1-2-4-6(5)8(12)10-9-7;1-2;1-2(3)4/h1-4H,(H,9,11)(H,10,12);1-2H3;1H3. The Balaban J connectivity index is 0.000000415. The molecule has 0 bridgehead atoms. The van der Waals surface area contributed by atoms with E-state index in [1.807, 2.05) is 13.8 Å². The molecular weight excluding hydrogens is 238 g/mol. The summed E-state index contributed by atoms with van der Waals surface area (Å²) < 4.78 is 0. The lowest BCUT2D eigenvalue weighted by Crippen LogP contribution is -2.18. The molecule has 0 spiro atoms. The molecule has 0 aliphatic rings. The molecule has 18 heavy (non-hydrogen) atoms. The number of benzene rings is 1. The third kappa shape index (κ3) is 4.60. The summed E-state index contributed by atoms with van der Waals surface area (Å²) in [7, 11) is 0.889. The number of hydrogen-bond donors (Lipinski definition) is 2. The molecule has 1 heterocycles. The second kappa shape index (κ2) is 7.77. The van der Waals surface area contributed by atoms with Crippen molar-refractivity contribution in [1.82, 2.24) is 10.2 Å². The van der Waals surface area contributed by atoms with E-state index in [9.17, 15) is 9.59 Å². The van der Waals surface area contributed by atoms with Crippen LogP contribution < -0.4 is 11.1 Å². The van der Waals surface area contributed by atoms with Crippen molar-refractivity contribution in [3.63, 3.8) is 0 Å². The van der Waals surface area contributed by atoms with Gasteiger partial charge in [0.1, 0.15) is 0 Å². The monoisotopic (exact) mass is 253 g/mol. The number of nitrogens with one attached hydrogen (secondary N) is 2. The van der Waals surface area contributed by atoms with Crippen molar-refractivity contribution >= 4 is 10.8 Å². The second-order valence-electron chi connectivity index (χ2n) is 2.89. The molecule has 0 unspecified atom stereocenters. The minimum absolute atomic E-state index is 0.273. The summed E-state index contributed by atoms with van der Waals surface area (Å²) in [4.78, 5) is 30.5. The number of nitrogens with zero attached hydrogens (tertiary/aromatic N) is 1. The van der Waals surface area contributed by atoms with Gasteiger partial charge < -0.3 is 0 Å². The Kier molecular flexibility index (Phi) is 6.72. The number of fused-ring (bicyclic) bond motifs is 1. The Morgan fingerprint density at radius 1 is 1.00 bits per heavy atom. The van der Waals surface area contributed by atoms with Gasteiger partial charge in [0.05, 0.1) is 10.8 Å². The van der Waals surface area contributed by atoms with E-state index < -0.39 is 4.92 Å². The fourth-order valence-electron chi connectivity index (χ4n) is 1.13. The van der Waals surface area contributed by atoms with Crippen LogP contribution in [-0.4, -0.2) is 22.2 Å². The van der Waals surface area contributed by atoms with E-state index in [2.05, 4.69) is 10.2 Å². The largest absolute Gasteiger partial charge is 0.270 e. The van der Waals surface area contributed by atoms with Crippen LogP contribution in [0.25, 0.3) is 10.8 Å². The van der Waals surface area contributed by atoms with Crippen LogP contribution in [0.4, 0.5) is 0 Å². The van der Waals surface area contributed by atoms with Gasteiger partial charge in [-0.25, -0.2) is 0 Å². The molecule has 2 aromatic rings. The third-order valence-corrected chi connectivity index (χ3v) is 1.71. The van der Waals surface area contributed by atoms with E-state index in [1.165, 1.54) is 0 Å². The number of aromatic amines is 2. The highest BCUT2D eigenvalue weighted by Crippen LogP contribution is 2.00. The molecule has 0 radical (unpaired) electrons. The van der Waals surface area contributed by atoms with Gasteiger partial charge in [-0.3, -0.25) is 29.9 Å². The predicted molar refractivity (Wildman–Crippen MR) is 69.5 cm³/mol. The van der Waals surface area contributed by atoms with Crippen molar-refractivity contribution in [2.75, 3.05) is 7.05 Å². The molecule has 2 rings (SSSR count). The van der Waals surface area contributed by atoms with Gasteiger partial charge in [-0.15, -0.1) is 0 Å². The van der Waals surface area contributed by atoms with Crippen LogP contribution in [0.5, 0.6) is 0 Å². The van der Waals surface area contributed by atoms with Crippen LogP contribution in [0.2, 0.25) is 0 Å². The summed E-state index contributed by atoms with van der Waals surface area (Å²) in [5, 5.41) is 14.1. The molecule has 0 atom stereocenters. The topological polar surface area (TPSA) is 109 Å². The van der Waals surface area contributed by atoms with Crippen LogP contribution >= 0.6 is 0 Å². The molecule has 7 nitrogen and oxygen atoms in total. The zero-order chi connectivity index (χ0) is 14.1. The molecular formula is C11H15N3O4. The van der Waals surface area contributed by atoms with Gasteiger partial charge in [-0.1, -0.05) is 26.0 Å². The Morgan fingerprint density at radius 2 is 1.28 bits per heavy atom. The maximum Gasteiger partial charge on any atom is 0.270 e. The quantitative estimate of drug-likeness (QED) is 0.541. The van der Waals surface area contributed by atoms with E-state index in [0.29, 0.717) is 10.8 Å². The maximum absolute atomic E-state index is 11.1. The van der Waals surface area contributed by atoms with Gasteiger partial charge in [0, 0.05) is 4.92 Å². The van der Waals surface area contributed by atoms with Crippen LogP contribution in [0.1, 0.15) is 13.8 Å². The zero-order valence-electron chi connectivity index (χ0n) is 10.4. The molecule has 98 valence electrons. The van der Waals surface area contributed by atoms with Crippen molar-refractivity contribution < 1.29 is 4.92 Å². The second-order valence-corrected chi connectivity index (χ2v) is 2.89. The molecule has 0 aliphatic heterocycles. The molecule has 0 saturated carbocycles. The lowest BCUT2D eigenvalue weighted by molar-refractivity contribution is -0.445. The Morgan fingerprint density at radius 3 is 1.56 bits per heavy atom. The average Bonchev–Trinajstić information content (AvgIpc) is 2.36. The smallest absolute Gasteiger partial charge is 0.267 e. The van der Waals surface area contributed by atoms with Crippen LogP contribution in [-0.2, 0) is 0 Å². The molecule has 1 aromatic carbocycles. The van der Waals surface area contributed by atoms with Gasteiger partial charge in [0.15, 0.2) is 7.05 Å². The summed E-state index contributed by atoms with van der Waals surface area (Å²) in [5.41, 5.74) is -0.546. The Bertz CT molecular complexity index is 563. The van der Waals surface area contributed by atoms with Crippen molar-refractivity contribution in [2.24, 2.45) is 0 Å². The predicted octanol–water partition coefficient (Wildman–Crippen LogP) is 1.14. The van der Waals surface area contributed by atoms with Crippen molar-refractivity contribution in [3.05, 3.63) is 55.1 Å². The fourth-order valence-corrected chi connectivity index (χ4v) is 1.13. The summed E-state index contributed by atoms with van der Waals surface area (Å²) in [6, 6.07) is 6.67. The highest BCUT2D eigenvalue weighted by Gasteiger charge is 1.98. The van der Waals surface area contributed by atoms with Crippen molar-refractivity contribution in [3.8, 4) is 0 Å². The summed E-state index contributed by atoms with van der Waals surface area (Å²) >= 11 is 0. The van der Waals surface area contributed by atoms with Gasteiger partial charge in [-0.2, -0.15) is 0 Å². The van der Waals surface area contributed by atoms with Gasteiger partial charge in [0.2, 0.25) is 0 Å². The molecule has 2 N–H and O–H groups in total. The Hall–Kier alpha value is -2.44. The zero-order valence-corrected chi connectivity index (χ0v) is 10.4. The summed E-state index contributed by atoms with van der Waals surface area (Å²) in [6.07, 6.45) is 0. The van der Waals surface area contributed by atoms with Crippen LogP contribution in [0, 0.1) is 10.1 Å². The van der Waals surface area contributed by atoms with E-state index in [0.717, 1.165) is 7.05 Å². The van der Waals surface area contributed by atoms with E-state index in [4.69, 9.17) is 10.1 Å². The Labute approximate surface area is 103 Å². The fraction of sp³-hybridized carbons (Fsp3) is 0.273. The third-order valence-electron chi connectivity index (χ3n) is 1.71. The lowest BCUT2D eigenvalue weighted by Gasteiger charge is -1.92. The molecule has 1 aromatic heterocycles. The highest BCUT2D eigenvalue weighted by atomic mass is 16.6. The SMILES string of the molecule is CC.C[N+](=O)[O-].O=c1[nH][nH]c(=O)c2ccccc12.